The summed E-state index contributed by atoms with van der Waals surface area (Å²) in [7, 11) is 6.14. The van der Waals surface area contributed by atoms with Gasteiger partial charge in [0, 0.05) is 66.4 Å². The van der Waals surface area contributed by atoms with E-state index in [1.54, 1.807) is 64.0 Å². The molecule has 1 fully saturated rings. The summed E-state index contributed by atoms with van der Waals surface area (Å²) in [6.45, 7) is 13.3. The van der Waals surface area contributed by atoms with Crippen LogP contribution in [0.2, 0.25) is 0 Å². The molecule has 17 heteroatoms. The SMILES string of the molecule is CC[C@H](C)[C@@H]([C@@H](CC(=O)N1CCC[C@H]1[C@H](OC)[C@@H](C)C(=O)N[C@@H](Cc1ccccc1)C(=O)O)OC)N(C)C(=O)C(NC(=O)[C@H](C(C)C)N(C)C(=O)CCCCCN1C(=O)C=CC1=O)=C(C)C. The normalized spacial score (nSPS) is 18.0. The zero-order valence-corrected chi connectivity index (χ0v) is 40.8. The minimum absolute atomic E-state index is 0.0488. The molecule has 0 saturated carbocycles. The molecule has 3 rings (SSSR count). The molecule has 2 heterocycles. The van der Waals surface area contributed by atoms with E-state index in [1.807, 2.05) is 33.8 Å². The molecular formula is C49H74N6O11. The van der Waals surface area contributed by atoms with Gasteiger partial charge in [-0.25, -0.2) is 4.79 Å². The highest BCUT2D eigenvalue weighted by Gasteiger charge is 2.43. The van der Waals surface area contributed by atoms with Crippen LogP contribution in [0.3, 0.4) is 0 Å². The van der Waals surface area contributed by atoms with Gasteiger partial charge in [-0.15, -0.1) is 0 Å². The number of carbonyl (C=O) groups excluding carboxylic acids is 7. The Morgan fingerprint density at radius 3 is 2.06 bits per heavy atom. The number of ether oxygens (including phenoxy) is 2. The molecule has 3 N–H and O–H groups in total. The molecule has 0 spiro atoms. The Kier molecular flexibility index (Phi) is 21.7. The Bertz CT molecular complexity index is 1910. The van der Waals surface area contributed by atoms with Crippen molar-refractivity contribution in [1.29, 1.82) is 0 Å². The van der Waals surface area contributed by atoms with E-state index in [0.717, 1.165) is 10.5 Å². The van der Waals surface area contributed by atoms with Crippen LogP contribution in [0.15, 0.2) is 53.8 Å². The van der Waals surface area contributed by atoms with Gasteiger partial charge in [0.05, 0.1) is 36.6 Å². The second kappa shape index (κ2) is 26.1. The van der Waals surface area contributed by atoms with Crippen molar-refractivity contribution in [3.63, 3.8) is 0 Å². The largest absolute Gasteiger partial charge is 0.480 e. The van der Waals surface area contributed by atoms with E-state index in [9.17, 15) is 43.5 Å². The fraction of sp³-hybridized carbons (Fsp3) is 0.633. The maximum Gasteiger partial charge on any atom is 0.326 e. The highest BCUT2D eigenvalue weighted by molar-refractivity contribution is 6.12. The van der Waals surface area contributed by atoms with E-state index in [0.29, 0.717) is 50.6 Å². The van der Waals surface area contributed by atoms with Gasteiger partial charge in [0.15, 0.2) is 0 Å². The molecule has 1 aromatic carbocycles. The third-order valence-electron chi connectivity index (χ3n) is 13.0. The average molecular weight is 923 g/mol. The number of likely N-dealkylation sites (N-methyl/N-ethyl adjacent to an activating group) is 2. The van der Waals surface area contributed by atoms with Crippen LogP contribution < -0.4 is 10.6 Å². The van der Waals surface area contributed by atoms with Crippen LogP contribution in [0.4, 0.5) is 0 Å². The molecule has 366 valence electrons. The number of carboxylic acid groups (broad SMARTS) is 1. The Labute approximate surface area is 390 Å². The van der Waals surface area contributed by atoms with Gasteiger partial charge in [0.25, 0.3) is 17.7 Å². The number of carboxylic acids is 1. The highest BCUT2D eigenvalue weighted by atomic mass is 16.5. The quantitative estimate of drug-likeness (QED) is 0.0684. The van der Waals surface area contributed by atoms with Gasteiger partial charge in [0.1, 0.15) is 17.8 Å². The number of unbranched alkanes of at least 4 members (excludes halogenated alkanes) is 2. The van der Waals surface area contributed by atoms with Gasteiger partial charge >= 0.3 is 5.97 Å². The van der Waals surface area contributed by atoms with Gasteiger partial charge in [0.2, 0.25) is 23.6 Å². The number of carbonyl (C=O) groups is 8. The van der Waals surface area contributed by atoms with Crippen molar-refractivity contribution in [2.45, 2.75) is 143 Å². The van der Waals surface area contributed by atoms with Crippen molar-refractivity contribution in [2.24, 2.45) is 17.8 Å². The van der Waals surface area contributed by atoms with Crippen molar-refractivity contribution in [3.05, 3.63) is 59.3 Å². The number of hydrogen-bond donors (Lipinski definition) is 3. The summed E-state index contributed by atoms with van der Waals surface area (Å²) in [6.07, 6.45) is 4.60. The zero-order chi connectivity index (χ0) is 49.4. The lowest BCUT2D eigenvalue weighted by atomic mass is 9.90. The van der Waals surface area contributed by atoms with Crippen LogP contribution in [0.1, 0.15) is 105 Å². The lowest BCUT2D eigenvalue weighted by Gasteiger charge is -2.40. The van der Waals surface area contributed by atoms with Crippen LogP contribution in [0, 0.1) is 17.8 Å². The molecule has 66 heavy (non-hydrogen) atoms. The number of nitrogens with one attached hydrogen (secondary N) is 2. The van der Waals surface area contributed by atoms with E-state index >= 15 is 0 Å². The third kappa shape index (κ3) is 14.5. The molecule has 0 aliphatic carbocycles. The summed E-state index contributed by atoms with van der Waals surface area (Å²) in [5, 5.41) is 15.4. The fourth-order valence-corrected chi connectivity index (χ4v) is 9.05. The summed E-state index contributed by atoms with van der Waals surface area (Å²) >= 11 is 0. The first-order chi connectivity index (χ1) is 31.2. The maximum atomic E-state index is 14.5. The van der Waals surface area contributed by atoms with Crippen LogP contribution in [-0.2, 0) is 54.3 Å². The number of likely N-dealkylation sites (tertiary alicyclic amines) is 1. The van der Waals surface area contributed by atoms with Gasteiger partial charge in [-0.05, 0) is 62.5 Å². The van der Waals surface area contributed by atoms with Crippen molar-refractivity contribution in [1.82, 2.24) is 30.2 Å². The minimum Gasteiger partial charge on any atom is -0.480 e. The Morgan fingerprint density at radius 1 is 0.879 bits per heavy atom. The number of rotatable bonds is 26. The van der Waals surface area contributed by atoms with Gasteiger partial charge in [-0.1, -0.05) is 77.8 Å². The molecule has 1 aromatic rings. The second-order valence-electron chi connectivity index (χ2n) is 18.2. The number of amides is 7. The summed E-state index contributed by atoms with van der Waals surface area (Å²) in [6, 6.07) is 5.85. The number of aliphatic carboxylic acids is 1. The van der Waals surface area contributed by atoms with E-state index < -0.39 is 66.0 Å². The topological polar surface area (TPSA) is 212 Å². The third-order valence-corrected chi connectivity index (χ3v) is 13.0. The van der Waals surface area contributed by atoms with E-state index in [-0.39, 0.29) is 67.0 Å². The highest BCUT2D eigenvalue weighted by Crippen LogP contribution is 2.30. The van der Waals surface area contributed by atoms with Crippen LogP contribution in [0.25, 0.3) is 0 Å². The number of nitrogens with zero attached hydrogens (tertiary/aromatic N) is 4. The lowest BCUT2D eigenvalue weighted by molar-refractivity contribution is -0.146. The van der Waals surface area contributed by atoms with Crippen molar-refractivity contribution >= 4 is 47.3 Å². The minimum atomic E-state index is -1.17. The monoisotopic (exact) mass is 923 g/mol. The molecule has 2 aliphatic rings. The molecule has 1 saturated heterocycles. The fourth-order valence-electron chi connectivity index (χ4n) is 9.05. The Morgan fingerprint density at radius 2 is 1.52 bits per heavy atom. The van der Waals surface area contributed by atoms with E-state index in [1.165, 1.54) is 36.2 Å². The summed E-state index contributed by atoms with van der Waals surface area (Å²) in [5.41, 5.74) is 1.34. The van der Waals surface area contributed by atoms with Crippen LogP contribution in [0.5, 0.6) is 0 Å². The number of allylic oxidation sites excluding steroid dienone is 1. The van der Waals surface area contributed by atoms with Crippen molar-refractivity contribution in [3.8, 4) is 0 Å². The van der Waals surface area contributed by atoms with Crippen LogP contribution in [-0.4, -0.2) is 150 Å². The van der Waals surface area contributed by atoms with Crippen molar-refractivity contribution < 1.29 is 52.9 Å². The zero-order valence-electron chi connectivity index (χ0n) is 40.8. The molecule has 0 radical (unpaired) electrons. The first-order valence-corrected chi connectivity index (χ1v) is 23.2. The first kappa shape index (κ1) is 54.9. The molecule has 0 aromatic heterocycles. The lowest BCUT2D eigenvalue weighted by Crippen LogP contribution is -2.55. The van der Waals surface area contributed by atoms with E-state index in [2.05, 4.69) is 10.6 Å². The predicted octanol–water partition coefficient (Wildman–Crippen LogP) is 4.10. The van der Waals surface area contributed by atoms with Gasteiger partial charge in [-0.2, -0.15) is 0 Å². The molecule has 7 amide bonds. The molecule has 8 atom stereocenters. The van der Waals surface area contributed by atoms with Crippen molar-refractivity contribution in [2.75, 3.05) is 41.4 Å². The van der Waals surface area contributed by atoms with E-state index in [4.69, 9.17) is 9.47 Å². The molecule has 17 nitrogen and oxygen atoms in total. The maximum absolute atomic E-state index is 14.5. The summed E-state index contributed by atoms with van der Waals surface area (Å²) < 4.78 is 11.9. The smallest absolute Gasteiger partial charge is 0.326 e. The number of methoxy groups -OCH3 is 2. The second-order valence-corrected chi connectivity index (χ2v) is 18.2. The summed E-state index contributed by atoms with van der Waals surface area (Å²) in [4.78, 5) is 111. The molecule has 2 aliphatic heterocycles. The summed E-state index contributed by atoms with van der Waals surface area (Å²) in [5.74, 6) is -5.17. The first-order valence-electron chi connectivity index (χ1n) is 23.2. The van der Waals surface area contributed by atoms with Crippen LogP contribution >= 0.6 is 0 Å². The van der Waals surface area contributed by atoms with Gasteiger partial charge in [-0.3, -0.25) is 38.5 Å². The van der Waals surface area contributed by atoms with Gasteiger partial charge < -0.3 is 39.9 Å². The molecular weight excluding hydrogens is 849 g/mol. The standard InChI is InChI=1S/C49H74N6O11/c1-12-32(6)44(37(65-10)29-41(59)54-27-19-22-36(54)45(66-11)33(7)46(60)50-35(49(63)64)28-34-20-15-13-16-21-34)53(9)48(62)42(30(2)3)51-47(61)43(31(4)5)52(8)38(56)23-17-14-18-26-55-39(57)24-25-40(55)58/h13,15-16,20-21,24-25,31-33,35-37,43-45H,12,14,17-19,22-23,26-29H2,1-11H3,(H,50,60)(H,51,61)(H,63,64)/t32-,33+,35-,36-,37+,43-,44-,45+/m0/s1. The predicted molar refractivity (Wildman–Crippen MR) is 248 cm³/mol. The Hall–Kier alpha value is -5.42. The average Bonchev–Trinajstić information content (AvgIpc) is 3.89. The molecule has 0 bridgehead atoms. The molecule has 0 unspecified atom stereocenters. The number of imide groups is 1. The number of hydrogen-bond acceptors (Lipinski definition) is 10. The number of benzene rings is 1. The Balaban J connectivity index is 1.72.